The standard InChI is InChI=1S/C12H12N2O4/c1-17-10-4-3-9(5-11(10)18-2)14-7-8(6-13-14)12(15)16/h3-7H,1-2H3,(H,15,16). The van der Waals surface area contributed by atoms with Crippen molar-refractivity contribution in [3.05, 3.63) is 36.2 Å². The Kier molecular flexibility index (Phi) is 3.18. The number of ether oxygens (including phenoxy) is 2. The van der Waals surface area contributed by atoms with Crippen LogP contribution in [-0.4, -0.2) is 35.1 Å². The van der Waals surface area contributed by atoms with Crippen molar-refractivity contribution >= 4 is 5.97 Å². The second-order valence-corrected chi connectivity index (χ2v) is 3.52. The summed E-state index contributed by atoms with van der Waals surface area (Å²) in [5, 5.41) is 12.8. The summed E-state index contributed by atoms with van der Waals surface area (Å²) in [6, 6.07) is 5.22. The fourth-order valence-corrected chi connectivity index (χ4v) is 1.54. The normalized spacial score (nSPS) is 10.1. The van der Waals surface area contributed by atoms with Crippen LogP contribution in [0, 0.1) is 0 Å². The first kappa shape index (κ1) is 12.0. The molecular weight excluding hydrogens is 236 g/mol. The van der Waals surface area contributed by atoms with Crippen LogP contribution in [0.15, 0.2) is 30.6 Å². The molecule has 0 bridgehead atoms. The molecule has 1 aromatic heterocycles. The monoisotopic (exact) mass is 248 g/mol. The molecular formula is C12H12N2O4. The molecule has 0 fully saturated rings. The minimum Gasteiger partial charge on any atom is -0.493 e. The molecule has 2 aromatic rings. The van der Waals surface area contributed by atoms with E-state index in [1.54, 1.807) is 25.3 Å². The van der Waals surface area contributed by atoms with E-state index in [4.69, 9.17) is 14.6 Å². The lowest BCUT2D eigenvalue weighted by Gasteiger charge is -2.09. The summed E-state index contributed by atoms with van der Waals surface area (Å²) >= 11 is 0. The SMILES string of the molecule is COc1ccc(-n2cc(C(=O)O)cn2)cc1OC. The lowest BCUT2D eigenvalue weighted by Crippen LogP contribution is -1.97. The van der Waals surface area contributed by atoms with Crippen molar-refractivity contribution in [2.45, 2.75) is 0 Å². The van der Waals surface area contributed by atoms with E-state index in [9.17, 15) is 4.79 Å². The van der Waals surface area contributed by atoms with Gasteiger partial charge in [-0.05, 0) is 12.1 Å². The van der Waals surface area contributed by atoms with Crippen LogP contribution in [0.3, 0.4) is 0 Å². The number of aromatic carboxylic acids is 1. The number of carbonyl (C=O) groups is 1. The fraction of sp³-hybridized carbons (Fsp3) is 0.167. The number of benzene rings is 1. The first-order chi connectivity index (χ1) is 8.65. The van der Waals surface area contributed by atoms with E-state index in [2.05, 4.69) is 5.10 Å². The highest BCUT2D eigenvalue weighted by Gasteiger charge is 2.09. The molecule has 0 saturated carbocycles. The third-order valence-corrected chi connectivity index (χ3v) is 2.46. The predicted octanol–water partition coefficient (Wildman–Crippen LogP) is 1.59. The maximum Gasteiger partial charge on any atom is 0.338 e. The van der Waals surface area contributed by atoms with Crippen molar-refractivity contribution in [3.63, 3.8) is 0 Å². The third kappa shape index (κ3) is 2.13. The maximum absolute atomic E-state index is 10.8. The smallest absolute Gasteiger partial charge is 0.338 e. The zero-order chi connectivity index (χ0) is 13.1. The van der Waals surface area contributed by atoms with Crippen LogP contribution in [0.4, 0.5) is 0 Å². The minimum absolute atomic E-state index is 0.129. The fourth-order valence-electron chi connectivity index (χ4n) is 1.54. The molecule has 0 spiro atoms. The van der Waals surface area contributed by atoms with E-state index >= 15 is 0 Å². The second-order valence-electron chi connectivity index (χ2n) is 3.52. The molecule has 0 unspecified atom stereocenters. The molecule has 6 heteroatoms. The molecule has 2 rings (SSSR count). The van der Waals surface area contributed by atoms with E-state index in [1.807, 2.05) is 0 Å². The minimum atomic E-state index is -1.01. The molecule has 0 atom stereocenters. The van der Waals surface area contributed by atoms with Crippen molar-refractivity contribution in [2.24, 2.45) is 0 Å². The van der Waals surface area contributed by atoms with Crippen LogP contribution >= 0.6 is 0 Å². The Bertz CT molecular complexity index is 577. The van der Waals surface area contributed by atoms with Gasteiger partial charge in [-0.15, -0.1) is 0 Å². The second kappa shape index (κ2) is 4.79. The first-order valence-electron chi connectivity index (χ1n) is 5.16. The highest BCUT2D eigenvalue weighted by Crippen LogP contribution is 2.28. The number of hydrogen-bond donors (Lipinski definition) is 1. The highest BCUT2D eigenvalue weighted by atomic mass is 16.5. The van der Waals surface area contributed by atoms with E-state index in [0.717, 1.165) is 0 Å². The highest BCUT2D eigenvalue weighted by molar-refractivity contribution is 5.87. The zero-order valence-corrected chi connectivity index (χ0v) is 9.95. The average molecular weight is 248 g/mol. The quantitative estimate of drug-likeness (QED) is 0.889. The molecule has 0 saturated heterocycles. The van der Waals surface area contributed by atoms with Crippen LogP contribution in [0.2, 0.25) is 0 Å². The molecule has 1 heterocycles. The van der Waals surface area contributed by atoms with Crippen molar-refractivity contribution in [1.29, 1.82) is 0 Å². The van der Waals surface area contributed by atoms with Crippen LogP contribution in [0.25, 0.3) is 5.69 Å². The molecule has 6 nitrogen and oxygen atoms in total. The number of nitrogens with zero attached hydrogens (tertiary/aromatic N) is 2. The van der Waals surface area contributed by atoms with Gasteiger partial charge in [0.15, 0.2) is 11.5 Å². The molecule has 18 heavy (non-hydrogen) atoms. The van der Waals surface area contributed by atoms with Crippen molar-refractivity contribution in [3.8, 4) is 17.2 Å². The van der Waals surface area contributed by atoms with Gasteiger partial charge in [-0.1, -0.05) is 0 Å². The van der Waals surface area contributed by atoms with Gasteiger partial charge in [0.1, 0.15) is 0 Å². The number of aromatic nitrogens is 2. The van der Waals surface area contributed by atoms with Crippen LogP contribution in [0.5, 0.6) is 11.5 Å². The summed E-state index contributed by atoms with van der Waals surface area (Å²) in [6.45, 7) is 0. The van der Waals surface area contributed by atoms with Crippen LogP contribution in [0.1, 0.15) is 10.4 Å². The van der Waals surface area contributed by atoms with Crippen LogP contribution < -0.4 is 9.47 Å². The Morgan fingerprint density at radius 1 is 1.28 bits per heavy atom. The summed E-state index contributed by atoms with van der Waals surface area (Å²) in [5.41, 5.74) is 0.824. The first-order valence-corrected chi connectivity index (χ1v) is 5.16. The number of hydrogen-bond acceptors (Lipinski definition) is 4. The largest absolute Gasteiger partial charge is 0.493 e. The Morgan fingerprint density at radius 3 is 2.56 bits per heavy atom. The molecule has 1 N–H and O–H groups in total. The summed E-state index contributed by atoms with van der Waals surface area (Å²) in [4.78, 5) is 10.8. The van der Waals surface area contributed by atoms with Gasteiger partial charge in [-0.25, -0.2) is 9.48 Å². The molecule has 0 aliphatic carbocycles. The van der Waals surface area contributed by atoms with Crippen molar-refractivity contribution < 1.29 is 19.4 Å². The summed E-state index contributed by atoms with van der Waals surface area (Å²) in [5.74, 6) is 0.149. The Hall–Kier alpha value is -2.50. The van der Waals surface area contributed by atoms with Gasteiger partial charge in [0, 0.05) is 12.3 Å². The predicted molar refractivity (Wildman–Crippen MR) is 63.6 cm³/mol. The van der Waals surface area contributed by atoms with Gasteiger partial charge in [-0.3, -0.25) is 0 Å². The zero-order valence-electron chi connectivity index (χ0n) is 9.95. The van der Waals surface area contributed by atoms with Crippen LogP contribution in [-0.2, 0) is 0 Å². The lowest BCUT2D eigenvalue weighted by atomic mass is 10.2. The van der Waals surface area contributed by atoms with E-state index in [1.165, 1.54) is 24.2 Å². The molecule has 0 aliphatic heterocycles. The van der Waals surface area contributed by atoms with Gasteiger partial charge < -0.3 is 14.6 Å². The van der Waals surface area contributed by atoms with Gasteiger partial charge >= 0.3 is 5.97 Å². The summed E-state index contributed by atoms with van der Waals surface area (Å²) in [7, 11) is 3.08. The molecule has 0 aliphatic rings. The Balaban J connectivity index is 2.41. The van der Waals surface area contributed by atoms with Crippen molar-refractivity contribution in [2.75, 3.05) is 14.2 Å². The average Bonchev–Trinajstić information content (AvgIpc) is 2.87. The van der Waals surface area contributed by atoms with Gasteiger partial charge in [-0.2, -0.15) is 5.10 Å². The van der Waals surface area contributed by atoms with Gasteiger partial charge in [0.25, 0.3) is 0 Å². The van der Waals surface area contributed by atoms with Gasteiger partial charge in [0.05, 0.1) is 31.7 Å². The Labute approximate surface area is 103 Å². The number of carboxylic acid groups (broad SMARTS) is 1. The maximum atomic E-state index is 10.8. The molecule has 0 amide bonds. The van der Waals surface area contributed by atoms with E-state index in [0.29, 0.717) is 17.2 Å². The topological polar surface area (TPSA) is 73.6 Å². The Morgan fingerprint density at radius 2 is 2.00 bits per heavy atom. The lowest BCUT2D eigenvalue weighted by molar-refractivity contribution is 0.0697. The van der Waals surface area contributed by atoms with Gasteiger partial charge in [0.2, 0.25) is 0 Å². The third-order valence-electron chi connectivity index (χ3n) is 2.46. The summed E-state index contributed by atoms with van der Waals surface area (Å²) < 4.78 is 11.8. The summed E-state index contributed by atoms with van der Waals surface area (Å²) in [6.07, 6.45) is 2.72. The van der Waals surface area contributed by atoms with E-state index in [-0.39, 0.29) is 5.56 Å². The molecule has 1 aromatic carbocycles. The van der Waals surface area contributed by atoms with Crippen molar-refractivity contribution in [1.82, 2.24) is 9.78 Å². The number of carboxylic acids is 1. The van der Waals surface area contributed by atoms with E-state index < -0.39 is 5.97 Å². The molecule has 94 valence electrons. The molecule has 0 radical (unpaired) electrons. The number of rotatable bonds is 4. The number of methoxy groups -OCH3 is 2.